The Balaban J connectivity index is 1.38. The van der Waals surface area contributed by atoms with Crippen molar-refractivity contribution in [1.82, 2.24) is 19.5 Å². The molecule has 3 aromatic heterocycles. The summed E-state index contributed by atoms with van der Waals surface area (Å²) in [6.07, 6.45) is -1.04. The average molecular weight is 523 g/mol. The van der Waals surface area contributed by atoms with Crippen LogP contribution in [0.2, 0.25) is 0 Å². The van der Waals surface area contributed by atoms with Crippen molar-refractivity contribution in [2.24, 2.45) is 0 Å². The second-order valence-electron chi connectivity index (χ2n) is 9.54. The van der Waals surface area contributed by atoms with Gasteiger partial charge in [-0.1, -0.05) is 0 Å². The number of aromatic hydroxyl groups is 2. The maximum absolute atomic E-state index is 13.0. The summed E-state index contributed by atoms with van der Waals surface area (Å²) >= 11 is 0. The Bertz CT molecular complexity index is 1650. The summed E-state index contributed by atoms with van der Waals surface area (Å²) in [5, 5.41) is 32.9. The van der Waals surface area contributed by atoms with Crippen LogP contribution in [0.4, 0.5) is 13.2 Å². The highest BCUT2D eigenvalue weighted by atomic mass is 19.4. The third-order valence-electron chi connectivity index (χ3n) is 7.33. The van der Waals surface area contributed by atoms with Crippen LogP contribution in [0.25, 0.3) is 16.6 Å². The Morgan fingerprint density at radius 2 is 1.92 bits per heavy atom. The molecule has 5 heterocycles. The molecule has 194 valence electrons. The van der Waals surface area contributed by atoms with Crippen molar-refractivity contribution < 1.29 is 32.9 Å². The third kappa shape index (κ3) is 3.39. The van der Waals surface area contributed by atoms with Crippen molar-refractivity contribution in [2.45, 2.75) is 43.6 Å². The van der Waals surface area contributed by atoms with Gasteiger partial charge in [0.15, 0.2) is 5.69 Å². The number of aromatic nitrogens is 4. The minimum atomic E-state index is -4.63. The second kappa shape index (κ2) is 8.06. The molecule has 2 aliphatic rings. The van der Waals surface area contributed by atoms with E-state index >= 15 is 0 Å². The van der Waals surface area contributed by atoms with Gasteiger partial charge in [0.2, 0.25) is 17.6 Å². The van der Waals surface area contributed by atoms with Gasteiger partial charge < -0.3 is 19.7 Å². The number of rotatable bonds is 5. The maximum Gasteiger partial charge on any atom is 0.433 e. The zero-order valence-corrected chi connectivity index (χ0v) is 20.0. The molecule has 0 saturated carbocycles. The summed E-state index contributed by atoms with van der Waals surface area (Å²) in [5.74, 6) is -0.649. The van der Waals surface area contributed by atoms with E-state index in [4.69, 9.17) is 9.47 Å². The van der Waals surface area contributed by atoms with E-state index in [9.17, 15) is 28.6 Å². The lowest BCUT2D eigenvalue weighted by Gasteiger charge is -2.26. The Morgan fingerprint density at radius 1 is 1.13 bits per heavy atom. The predicted octanol–water partition coefficient (Wildman–Crippen LogP) is 4.82. The second-order valence-corrected chi connectivity index (χ2v) is 9.54. The fourth-order valence-electron chi connectivity index (χ4n) is 5.67. The van der Waals surface area contributed by atoms with Crippen LogP contribution >= 0.6 is 0 Å². The van der Waals surface area contributed by atoms with E-state index in [-0.39, 0.29) is 30.7 Å². The van der Waals surface area contributed by atoms with E-state index in [0.29, 0.717) is 46.1 Å². The maximum atomic E-state index is 13.0. The number of nitrogens with zero attached hydrogens (tertiary/aromatic N) is 5. The first kappa shape index (κ1) is 24.0. The van der Waals surface area contributed by atoms with Gasteiger partial charge in [-0.05, 0) is 44.0 Å². The monoisotopic (exact) mass is 523 g/mol. The van der Waals surface area contributed by atoms with E-state index < -0.39 is 23.1 Å². The third-order valence-corrected chi connectivity index (χ3v) is 7.33. The van der Waals surface area contributed by atoms with Crippen LogP contribution in [0.15, 0.2) is 42.9 Å². The lowest BCUT2D eigenvalue weighted by Crippen LogP contribution is -2.25. The van der Waals surface area contributed by atoms with Crippen molar-refractivity contribution in [3.63, 3.8) is 0 Å². The zero-order chi connectivity index (χ0) is 26.9. The van der Waals surface area contributed by atoms with Crippen molar-refractivity contribution in [3.8, 4) is 29.4 Å². The number of fused-ring (bicyclic) bond motifs is 6. The molecular weight excluding hydrogens is 503 g/mol. The molecule has 2 aliphatic heterocycles. The number of ether oxygens (including phenoxy) is 2. The topological polar surface area (TPSA) is 126 Å². The largest absolute Gasteiger partial charge is 0.494 e. The fourth-order valence-corrected chi connectivity index (χ4v) is 5.67. The van der Waals surface area contributed by atoms with Crippen LogP contribution < -0.4 is 4.74 Å². The highest BCUT2D eigenvalue weighted by molar-refractivity contribution is 5.92. The van der Waals surface area contributed by atoms with Crippen LogP contribution in [0.1, 0.15) is 48.6 Å². The Labute approximate surface area is 213 Å². The predicted molar refractivity (Wildman–Crippen MR) is 126 cm³/mol. The van der Waals surface area contributed by atoms with Crippen LogP contribution in [0, 0.1) is 11.3 Å². The van der Waals surface area contributed by atoms with Crippen LogP contribution in [-0.2, 0) is 22.1 Å². The minimum Gasteiger partial charge on any atom is -0.494 e. The smallest absolute Gasteiger partial charge is 0.433 e. The highest BCUT2D eigenvalue weighted by Crippen LogP contribution is 2.65. The normalized spacial score (nSPS) is 22.0. The minimum absolute atomic E-state index is 0.0566. The van der Waals surface area contributed by atoms with E-state index in [1.165, 1.54) is 4.57 Å². The molecule has 2 bridgehead atoms. The summed E-state index contributed by atoms with van der Waals surface area (Å²) in [6.45, 7) is 1.77. The summed E-state index contributed by atoms with van der Waals surface area (Å²) in [4.78, 5) is 11.3. The molecule has 38 heavy (non-hydrogen) atoms. The Kier molecular flexibility index (Phi) is 5.09. The standard InChI is InChI=1S/C26H20F3N5O4/c1-24-6-7-25(38-24,8-10-37-18-11-17(26(27,28)29)32-13-33-18)20-19(24)22(35)34(23(20)36)16-5-4-14(12-30)21-15(16)3-2-9-31-21/h2-5,9,11,13,35-36H,6-8,10H2,1H3/t24-,25-/m0/s1. The summed E-state index contributed by atoms with van der Waals surface area (Å²) in [7, 11) is 0. The van der Waals surface area contributed by atoms with E-state index in [0.717, 1.165) is 12.4 Å². The van der Waals surface area contributed by atoms with Crippen molar-refractivity contribution >= 4 is 10.9 Å². The van der Waals surface area contributed by atoms with Gasteiger partial charge in [0.1, 0.15) is 18.0 Å². The molecule has 0 spiro atoms. The first-order chi connectivity index (χ1) is 18.1. The van der Waals surface area contributed by atoms with Crippen LogP contribution in [0.3, 0.4) is 0 Å². The molecular formula is C26H20F3N5O4. The molecule has 0 aliphatic carbocycles. The number of benzene rings is 1. The van der Waals surface area contributed by atoms with Gasteiger partial charge in [-0.2, -0.15) is 18.4 Å². The SMILES string of the molecule is C[C@@]12CC[C@@](CCOc3cc(C(F)(F)F)ncn3)(O1)c1c2c(O)n(-c2ccc(C#N)c3ncccc23)c1O. The number of nitriles is 1. The van der Waals surface area contributed by atoms with Crippen molar-refractivity contribution in [2.75, 3.05) is 6.61 Å². The summed E-state index contributed by atoms with van der Waals surface area (Å²) < 4.78 is 52.2. The Morgan fingerprint density at radius 3 is 2.68 bits per heavy atom. The molecule has 0 unspecified atom stereocenters. The molecule has 1 aromatic carbocycles. The number of hydrogen-bond donors (Lipinski definition) is 2. The lowest BCUT2D eigenvalue weighted by molar-refractivity contribution is -0.141. The lowest BCUT2D eigenvalue weighted by atomic mass is 9.78. The quantitative estimate of drug-likeness (QED) is 0.381. The molecule has 2 atom stereocenters. The fraction of sp³-hybridized carbons (Fsp3) is 0.308. The van der Waals surface area contributed by atoms with Gasteiger partial charge in [0.05, 0.1) is 40.1 Å². The average Bonchev–Trinajstić information content (AvgIpc) is 3.47. The molecule has 1 fully saturated rings. The number of hydrogen-bond acceptors (Lipinski definition) is 8. The zero-order valence-electron chi connectivity index (χ0n) is 20.0. The molecule has 1 saturated heterocycles. The molecule has 4 aromatic rings. The summed E-state index contributed by atoms with van der Waals surface area (Å²) in [6, 6.07) is 9.47. The van der Waals surface area contributed by atoms with Gasteiger partial charge in [0, 0.05) is 24.1 Å². The van der Waals surface area contributed by atoms with Gasteiger partial charge in [-0.3, -0.25) is 9.55 Å². The molecule has 2 N–H and O–H groups in total. The van der Waals surface area contributed by atoms with Gasteiger partial charge in [0.25, 0.3) is 0 Å². The number of alkyl halides is 3. The van der Waals surface area contributed by atoms with Crippen molar-refractivity contribution in [1.29, 1.82) is 5.26 Å². The van der Waals surface area contributed by atoms with Crippen LogP contribution in [0.5, 0.6) is 17.6 Å². The Hall–Kier alpha value is -4.37. The number of pyridine rings is 1. The molecule has 12 heteroatoms. The molecule has 0 amide bonds. The number of halogens is 3. The highest BCUT2D eigenvalue weighted by Gasteiger charge is 2.61. The van der Waals surface area contributed by atoms with Crippen LogP contribution in [-0.4, -0.2) is 36.3 Å². The molecule has 6 rings (SSSR count). The van der Waals surface area contributed by atoms with Gasteiger partial charge >= 0.3 is 6.18 Å². The van der Waals surface area contributed by atoms with Gasteiger partial charge in [-0.15, -0.1) is 0 Å². The van der Waals surface area contributed by atoms with Gasteiger partial charge in [-0.25, -0.2) is 9.97 Å². The molecule has 9 nitrogen and oxygen atoms in total. The molecule has 0 radical (unpaired) electrons. The van der Waals surface area contributed by atoms with E-state index in [1.54, 1.807) is 30.5 Å². The first-order valence-corrected chi connectivity index (χ1v) is 11.8. The van der Waals surface area contributed by atoms with E-state index in [2.05, 4.69) is 21.0 Å². The van der Waals surface area contributed by atoms with Crippen molar-refractivity contribution in [3.05, 3.63) is 65.2 Å². The summed E-state index contributed by atoms with van der Waals surface area (Å²) in [5.41, 5.74) is -0.957. The first-order valence-electron chi connectivity index (χ1n) is 11.8. The van der Waals surface area contributed by atoms with E-state index in [1.807, 2.05) is 6.92 Å².